The molecule has 0 unspecified atom stereocenters. The maximum absolute atomic E-state index is 13.0. The molecule has 0 spiro atoms. The van der Waals surface area contributed by atoms with Crippen LogP contribution in [0.2, 0.25) is 0 Å². The predicted molar refractivity (Wildman–Crippen MR) is 110 cm³/mol. The van der Waals surface area contributed by atoms with E-state index < -0.39 is 0 Å². The molecule has 1 heterocycles. The molecule has 4 rings (SSSR count). The zero-order valence-electron chi connectivity index (χ0n) is 15.5. The van der Waals surface area contributed by atoms with Gasteiger partial charge in [-0.1, -0.05) is 78.4 Å². The normalized spacial score (nSPS) is 10.6. The zero-order valence-corrected chi connectivity index (χ0v) is 15.5. The van der Waals surface area contributed by atoms with Gasteiger partial charge >= 0.3 is 0 Å². The van der Waals surface area contributed by atoms with Gasteiger partial charge < -0.3 is 5.32 Å². The summed E-state index contributed by atoms with van der Waals surface area (Å²) in [4.78, 5) is 17.6. The van der Waals surface area contributed by atoms with Gasteiger partial charge in [-0.05, 0) is 24.6 Å². The van der Waals surface area contributed by atoms with Crippen LogP contribution >= 0.6 is 0 Å². The number of hydrogen-bond donors (Lipinski definition) is 1. The van der Waals surface area contributed by atoms with Gasteiger partial charge in [0.1, 0.15) is 0 Å². The summed E-state index contributed by atoms with van der Waals surface area (Å²) in [6.45, 7) is 2.60. The third-order valence-electron chi connectivity index (χ3n) is 4.42. The molecule has 0 saturated heterocycles. The van der Waals surface area contributed by atoms with Crippen molar-refractivity contribution in [2.45, 2.75) is 13.5 Å². The van der Waals surface area contributed by atoms with E-state index in [9.17, 15) is 4.79 Å². The van der Waals surface area contributed by atoms with Crippen molar-refractivity contribution in [1.29, 1.82) is 0 Å². The van der Waals surface area contributed by atoms with Crippen molar-refractivity contribution >= 4 is 11.9 Å². The summed E-state index contributed by atoms with van der Waals surface area (Å²) in [7, 11) is 0. The summed E-state index contributed by atoms with van der Waals surface area (Å²) >= 11 is 0. The van der Waals surface area contributed by atoms with Crippen molar-refractivity contribution in [3.05, 3.63) is 102 Å². The minimum Gasteiger partial charge on any atom is -0.350 e. The number of anilines is 1. The van der Waals surface area contributed by atoms with Gasteiger partial charge in [0.05, 0.1) is 0 Å². The van der Waals surface area contributed by atoms with Crippen molar-refractivity contribution in [2.75, 3.05) is 5.32 Å². The smallest absolute Gasteiger partial charge is 0.281 e. The molecule has 0 fully saturated rings. The quantitative estimate of drug-likeness (QED) is 0.561. The fraction of sp³-hybridized carbons (Fsp3) is 0.0870. The van der Waals surface area contributed by atoms with E-state index in [1.807, 2.05) is 48.5 Å². The van der Waals surface area contributed by atoms with Crippen molar-refractivity contribution in [2.24, 2.45) is 0 Å². The summed E-state index contributed by atoms with van der Waals surface area (Å²) in [5, 5.41) is 7.74. The molecule has 5 nitrogen and oxygen atoms in total. The lowest BCUT2D eigenvalue weighted by Gasteiger charge is -2.07. The molecule has 28 heavy (non-hydrogen) atoms. The van der Waals surface area contributed by atoms with Gasteiger partial charge in [0.15, 0.2) is 5.82 Å². The van der Waals surface area contributed by atoms with Crippen molar-refractivity contribution in [1.82, 2.24) is 14.8 Å². The molecule has 1 aromatic heterocycles. The van der Waals surface area contributed by atoms with Crippen LogP contribution in [0.4, 0.5) is 5.95 Å². The zero-order chi connectivity index (χ0) is 19.3. The molecular weight excluding hydrogens is 348 g/mol. The van der Waals surface area contributed by atoms with Gasteiger partial charge in [-0.25, -0.2) is 0 Å². The molecule has 0 aliphatic rings. The van der Waals surface area contributed by atoms with Crippen LogP contribution in [0.15, 0.2) is 84.9 Å². The van der Waals surface area contributed by atoms with Gasteiger partial charge in [-0.15, -0.1) is 5.10 Å². The maximum atomic E-state index is 13.0. The Morgan fingerprint density at radius 1 is 0.893 bits per heavy atom. The summed E-state index contributed by atoms with van der Waals surface area (Å²) < 4.78 is 1.34. The van der Waals surface area contributed by atoms with E-state index in [0.29, 0.717) is 23.9 Å². The van der Waals surface area contributed by atoms with Crippen LogP contribution in [0.5, 0.6) is 0 Å². The fourth-order valence-corrected chi connectivity index (χ4v) is 2.87. The highest BCUT2D eigenvalue weighted by Crippen LogP contribution is 2.19. The second-order valence-electron chi connectivity index (χ2n) is 6.55. The standard InChI is InChI=1S/C23H20N4O/c1-17-12-14-18(15-13-17)16-24-23-25-21(19-8-4-2-5-9-19)26-27(23)22(28)20-10-6-3-7-11-20/h2-15H,16H2,1H3,(H,24,25,26). The van der Waals surface area contributed by atoms with E-state index in [1.165, 1.54) is 10.2 Å². The first kappa shape index (κ1) is 17.7. The monoisotopic (exact) mass is 368 g/mol. The molecule has 0 saturated carbocycles. The second kappa shape index (κ2) is 7.88. The van der Waals surface area contributed by atoms with Crippen LogP contribution < -0.4 is 5.32 Å². The maximum Gasteiger partial charge on any atom is 0.281 e. The Morgan fingerprint density at radius 2 is 1.54 bits per heavy atom. The Morgan fingerprint density at radius 3 is 2.21 bits per heavy atom. The van der Waals surface area contributed by atoms with Crippen LogP contribution in [0.3, 0.4) is 0 Å². The highest BCUT2D eigenvalue weighted by molar-refractivity contribution is 5.97. The minimum atomic E-state index is -0.221. The molecule has 0 atom stereocenters. The number of rotatable bonds is 5. The van der Waals surface area contributed by atoms with Crippen LogP contribution in [0.1, 0.15) is 21.5 Å². The Kier molecular flexibility index (Phi) is 4.97. The molecular formula is C23H20N4O. The summed E-state index contributed by atoms with van der Waals surface area (Å²) in [6.07, 6.45) is 0. The van der Waals surface area contributed by atoms with E-state index in [-0.39, 0.29) is 5.91 Å². The van der Waals surface area contributed by atoms with Crippen LogP contribution in [-0.2, 0) is 6.54 Å². The first-order chi connectivity index (χ1) is 13.7. The largest absolute Gasteiger partial charge is 0.350 e. The number of aryl methyl sites for hydroxylation is 1. The molecule has 0 aliphatic carbocycles. The van der Waals surface area contributed by atoms with E-state index in [0.717, 1.165) is 11.1 Å². The Balaban J connectivity index is 1.67. The predicted octanol–water partition coefficient (Wildman–Crippen LogP) is 4.55. The number of carbonyl (C=O) groups is 1. The van der Waals surface area contributed by atoms with Gasteiger partial charge in [0.25, 0.3) is 5.91 Å². The lowest BCUT2D eigenvalue weighted by Crippen LogP contribution is -2.17. The number of carbonyl (C=O) groups excluding carboxylic acids is 1. The summed E-state index contributed by atoms with van der Waals surface area (Å²) in [5.41, 5.74) is 3.73. The molecule has 3 aromatic carbocycles. The summed E-state index contributed by atoms with van der Waals surface area (Å²) in [5.74, 6) is 0.714. The average Bonchev–Trinajstić information content (AvgIpc) is 3.18. The molecule has 4 aromatic rings. The van der Waals surface area contributed by atoms with Crippen molar-refractivity contribution in [3.8, 4) is 11.4 Å². The average molecular weight is 368 g/mol. The highest BCUT2D eigenvalue weighted by Gasteiger charge is 2.18. The van der Waals surface area contributed by atoms with Crippen LogP contribution in [0, 0.1) is 6.92 Å². The number of nitrogens with zero attached hydrogens (tertiary/aromatic N) is 3. The molecule has 1 N–H and O–H groups in total. The first-order valence-corrected chi connectivity index (χ1v) is 9.12. The third-order valence-corrected chi connectivity index (χ3v) is 4.42. The van der Waals surface area contributed by atoms with Gasteiger partial charge in [0.2, 0.25) is 5.95 Å². The Labute approximate surface area is 163 Å². The van der Waals surface area contributed by atoms with Crippen LogP contribution in [-0.4, -0.2) is 20.7 Å². The minimum absolute atomic E-state index is 0.221. The molecule has 0 bridgehead atoms. The second-order valence-corrected chi connectivity index (χ2v) is 6.55. The SMILES string of the molecule is Cc1ccc(CNc2nc(-c3ccccc3)nn2C(=O)c2ccccc2)cc1. The number of benzene rings is 3. The number of nitrogens with one attached hydrogen (secondary N) is 1. The van der Waals surface area contributed by atoms with Gasteiger partial charge in [-0.3, -0.25) is 4.79 Å². The van der Waals surface area contributed by atoms with E-state index in [2.05, 4.69) is 46.6 Å². The van der Waals surface area contributed by atoms with Crippen LogP contribution in [0.25, 0.3) is 11.4 Å². The highest BCUT2D eigenvalue weighted by atomic mass is 16.2. The summed E-state index contributed by atoms with van der Waals surface area (Å²) in [6, 6.07) is 27.0. The van der Waals surface area contributed by atoms with E-state index >= 15 is 0 Å². The molecule has 0 radical (unpaired) electrons. The number of hydrogen-bond acceptors (Lipinski definition) is 4. The fourth-order valence-electron chi connectivity index (χ4n) is 2.87. The molecule has 5 heteroatoms. The van der Waals surface area contributed by atoms with Crippen molar-refractivity contribution < 1.29 is 4.79 Å². The lowest BCUT2D eigenvalue weighted by molar-refractivity contribution is 0.0947. The molecule has 0 amide bonds. The van der Waals surface area contributed by atoms with Gasteiger partial charge in [0, 0.05) is 17.7 Å². The van der Waals surface area contributed by atoms with E-state index in [1.54, 1.807) is 12.1 Å². The third kappa shape index (κ3) is 3.83. The first-order valence-electron chi connectivity index (χ1n) is 9.12. The topological polar surface area (TPSA) is 59.8 Å². The van der Waals surface area contributed by atoms with Crippen molar-refractivity contribution in [3.63, 3.8) is 0 Å². The van der Waals surface area contributed by atoms with Gasteiger partial charge in [-0.2, -0.15) is 9.67 Å². The lowest BCUT2D eigenvalue weighted by atomic mass is 10.1. The Bertz CT molecular complexity index is 1070. The number of aromatic nitrogens is 3. The molecule has 138 valence electrons. The van der Waals surface area contributed by atoms with E-state index in [4.69, 9.17) is 0 Å². The Hall–Kier alpha value is -3.73. The molecule has 0 aliphatic heterocycles.